The summed E-state index contributed by atoms with van der Waals surface area (Å²) in [7, 11) is 0. The van der Waals surface area contributed by atoms with Crippen LogP contribution in [0.4, 0.5) is 0 Å². The highest BCUT2D eigenvalue weighted by atomic mass is 32.2. The first-order chi connectivity index (χ1) is 11.3. The molecule has 23 heavy (non-hydrogen) atoms. The lowest BCUT2D eigenvalue weighted by Gasteiger charge is -2.12. The molecule has 1 aromatic carbocycles. The molecule has 6 nitrogen and oxygen atoms in total. The van der Waals surface area contributed by atoms with Crippen LogP contribution in [0.15, 0.2) is 28.8 Å². The van der Waals surface area contributed by atoms with Crippen LogP contribution in [-0.2, 0) is 23.5 Å². The van der Waals surface area contributed by atoms with E-state index in [-0.39, 0.29) is 18.4 Å². The summed E-state index contributed by atoms with van der Waals surface area (Å²) in [6, 6.07) is 7.87. The molecule has 0 saturated heterocycles. The fourth-order valence-corrected chi connectivity index (χ4v) is 2.95. The zero-order valence-corrected chi connectivity index (χ0v) is 13.8. The van der Waals surface area contributed by atoms with Gasteiger partial charge in [-0.3, -0.25) is 4.79 Å². The van der Waals surface area contributed by atoms with E-state index in [1.54, 1.807) is 11.8 Å². The molecule has 1 aromatic heterocycles. The Bertz CT molecular complexity index is 674. The lowest BCUT2D eigenvalue weighted by molar-refractivity contribution is -0.125. The minimum atomic E-state index is -0.104. The zero-order valence-electron chi connectivity index (χ0n) is 12.9. The Kier molecular flexibility index (Phi) is 5.17. The predicted molar refractivity (Wildman–Crippen MR) is 87.1 cm³/mol. The van der Waals surface area contributed by atoms with Gasteiger partial charge >= 0.3 is 0 Å². The minimum absolute atomic E-state index is 0.00470. The summed E-state index contributed by atoms with van der Waals surface area (Å²) in [6.45, 7) is 0.812. The zero-order chi connectivity index (χ0) is 16.1. The van der Waals surface area contributed by atoms with E-state index < -0.39 is 0 Å². The van der Waals surface area contributed by atoms with Crippen molar-refractivity contribution in [2.24, 2.45) is 5.92 Å². The van der Waals surface area contributed by atoms with Gasteiger partial charge in [-0.25, -0.2) is 0 Å². The number of carbonyl (C=O) groups is 1. The Labute approximate surface area is 139 Å². The van der Waals surface area contributed by atoms with Crippen molar-refractivity contribution in [2.45, 2.75) is 25.1 Å². The van der Waals surface area contributed by atoms with Gasteiger partial charge in [0.2, 0.25) is 11.8 Å². The summed E-state index contributed by atoms with van der Waals surface area (Å²) < 4.78 is 10.8. The number of para-hydroxylation sites is 1. The monoisotopic (exact) mass is 333 g/mol. The Balaban J connectivity index is 1.57. The van der Waals surface area contributed by atoms with Gasteiger partial charge in [-0.15, -0.1) is 0 Å². The number of hydrogen-bond donors (Lipinski definition) is 1. The van der Waals surface area contributed by atoms with Crippen molar-refractivity contribution in [3.05, 3.63) is 41.5 Å². The Morgan fingerprint density at radius 1 is 1.43 bits per heavy atom. The molecule has 3 rings (SSSR count). The maximum Gasteiger partial charge on any atom is 0.246 e. The van der Waals surface area contributed by atoms with E-state index in [0.29, 0.717) is 36.9 Å². The Morgan fingerprint density at radius 2 is 2.30 bits per heavy atom. The first kappa shape index (κ1) is 15.9. The maximum atomic E-state index is 12.4. The third-order valence-electron chi connectivity index (χ3n) is 3.73. The number of thioether (sulfide) groups is 1. The second-order valence-electron chi connectivity index (χ2n) is 5.40. The second kappa shape index (κ2) is 7.50. The smallest absolute Gasteiger partial charge is 0.246 e. The Hall–Kier alpha value is -2.02. The van der Waals surface area contributed by atoms with Crippen LogP contribution in [0, 0.1) is 5.92 Å². The first-order valence-electron chi connectivity index (χ1n) is 7.55. The molecular weight excluding hydrogens is 314 g/mol. The number of nitrogens with one attached hydrogen (secondary N) is 1. The number of ether oxygens (including phenoxy) is 1. The molecule has 0 aliphatic carbocycles. The topological polar surface area (TPSA) is 77.2 Å². The van der Waals surface area contributed by atoms with E-state index in [1.165, 1.54) is 0 Å². The summed E-state index contributed by atoms with van der Waals surface area (Å²) in [5.41, 5.74) is 1.07. The maximum absolute atomic E-state index is 12.4. The fraction of sp³-hybridized carbons (Fsp3) is 0.438. The van der Waals surface area contributed by atoms with Gasteiger partial charge in [-0.1, -0.05) is 23.4 Å². The van der Waals surface area contributed by atoms with Crippen LogP contribution in [0.1, 0.15) is 23.7 Å². The lowest BCUT2D eigenvalue weighted by atomic mass is 9.96. The molecule has 1 aliphatic heterocycles. The van der Waals surface area contributed by atoms with E-state index in [9.17, 15) is 4.79 Å². The molecule has 2 heterocycles. The molecule has 0 unspecified atom stereocenters. The number of fused-ring (bicyclic) bond motifs is 1. The van der Waals surface area contributed by atoms with Crippen LogP contribution in [0.5, 0.6) is 5.75 Å². The minimum Gasteiger partial charge on any atom is -0.493 e. The summed E-state index contributed by atoms with van der Waals surface area (Å²) in [4.78, 5) is 16.6. The molecule has 1 amide bonds. The molecule has 0 radical (unpaired) electrons. The molecule has 0 bridgehead atoms. The molecular formula is C16H19N3O3S. The van der Waals surface area contributed by atoms with Crippen LogP contribution in [0.2, 0.25) is 0 Å². The highest BCUT2D eigenvalue weighted by Gasteiger charge is 2.23. The van der Waals surface area contributed by atoms with Crippen molar-refractivity contribution in [2.75, 3.05) is 12.9 Å². The SMILES string of the molecule is CSCc1noc(CNC(=O)[C@H]2CCOc3ccccc3C2)n1. The molecule has 0 saturated carbocycles. The Morgan fingerprint density at radius 3 is 3.17 bits per heavy atom. The quantitative estimate of drug-likeness (QED) is 0.904. The average Bonchev–Trinajstić information content (AvgIpc) is 2.89. The number of carbonyl (C=O) groups excluding carboxylic acids is 1. The molecule has 1 aliphatic rings. The first-order valence-corrected chi connectivity index (χ1v) is 8.94. The molecule has 7 heteroatoms. The van der Waals surface area contributed by atoms with Gasteiger partial charge in [-0.2, -0.15) is 16.7 Å². The summed E-state index contributed by atoms with van der Waals surface area (Å²) in [6.07, 6.45) is 3.36. The molecule has 122 valence electrons. The number of amides is 1. The summed E-state index contributed by atoms with van der Waals surface area (Å²) in [5, 5.41) is 6.75. The third kappa shape index (κ3) is 4.04. The molecule has 1 N–H and O–H groups in total. The lowest BCUT2D eigenvalue weighted by Crippen LogP contribution is -2.32. The molecule has 0 spiro atoms. The number of nitrogens with zero attached hydrogens (tertiary/aromatic N) is 2. The van der Waals surface area contributed by atoms with E-state index in [0.717, 1.165) is 11.3 Å². The summed E-state index contributed by atoms with van der Waals surface area (Å²) in [5.74, 6) is 2.56. The fourth-order valence-electron chi connectivity index (χ4n) is 2.57. The van der Waals surface area contributed by atoms with Crippen molar-refractivity contribution in [3.8, 4) is 5.75 Å². The van der Waals surface area contributed by atoms with Crippen molar-refractivity contribution < 1.29 is 14.1 Å². The van der Waals surface area contributed by atoms with Gasteiger partial charge in [0.15, 0.2) is 5.82 Å². The largest absolute Gasteiger partial charge is 0.493 e. The second-order valence-corrected chi connectivity index (χ2v) is 6.27. The third-order valence-corrected chi connectivity index (χ3v) is 4.28. The van der Waals surface area contributed by atoms with Crippen LogP contribution in [-0.4, -0.2) is 28.9 Å². The van der Waals surface area contributed by atoms with Crippen LogP contribution < -0.4 is 10.1 Å². The number of hydrogen-bond acceptors (Lipinski definition) is 6. The normalized spacial score (nSPS) is 17.0. The van der Waals surface area contributed by atoms with Gasteiger partial charge in [0.25, 0.3) is 0 Å². The summed E-state index contributed by atoms with van der Waals surface area (Å²) >= 11 is 1.62. The molecule has 2 aromatic rings. The van der Waals surface area contributed by atoms with Gasteiger partial charge in [-0.05, 0) is 30.7 Å². The van der Waals surface area contributed by atoms with Crippen LogP contribution >= 0.6 is 11.8 Å². The van der Waals surface area contributed by atoms with Gasteiger partial charge in [0, 0.05) is 5.92 Å². The van der Waals surface area contributed by atoms with Crippen molar-refractivity contribution in [1.82, 2.24) is 15.5 Å². The van der Waals surface area contributed by atoms with Crippen molar-refractivity contribution >= 4 is 17.7 Å². The molecule has 0 fully saturated rings. The van der Waals surface area contributed by atoms with Gasteiger partial charge in [0.1, 0.15) is 5.75 Å². The van der Waals surface area contributed by atoms with Crippen LogP contribution in [0.25, 0.3) is 0 Å². The van der Waals surface area contributed by atoms with Crippen LogP contribution in [0.3, 0.4) is 0 Å². The van der Waals surface area contributed by atoms with E-state index >= 15 is 0 Å². The van der Waals surface area contributed by atoms with Crippen molar-refractivity contribution in [3.63, 3.8) is 0 Å². The molecule has 1 atom stereocenters. The predicted octanol–water partition coefficient (Wildman–Crippen LogP) is 2.19. The van der Waals surface area contributed by atoms with Gasteiger partial charge in [0.05, 0.1) is 18.9 Å². The average molecular weight is 333 g/mol. The highest BCUT2D eigenvalue weighted by molar-refractivity contribution is 7.97. The van der Waals surface area contributed by atoms with E-state index in [1.807, 2.05) is 30.5 Å². The number of benzene rings is 1. The van der Waals surface area contributed by atoms with E-state index in [2.05, 4.69) is 15.5 Å². The van der Waals surface area contributed by atoms with Gasteiger partial charge < -0.3 is 14.6 Å². The number of aromatic nitrogens is 2. The standard InChI is InChI=1S/C16H19N3O3S/c1-23-10-14-18-15(22-19-14)9-17-16(20)12-6-7-21-13-5-3-2-4-11(13)8-12/h2-5,12H,6-10H2,1H3,(H,17,20)/t12-/m0/s1. The van der Waals surface area contributed by atoms with E-state index in [4.69, 9.17) is 9.26 Å². The van der Waals surface area contributed by atoms with Crippen molar-refractivity contribution in [1.29, 1.82) is 0 Å². The number of rotatable bonds is 5. The highest BCUT2D eigenvalue weighted by Crippen LogP contribution is 2.26.